The number of carbonyl (C=O) groups excluding carboxylic acids is 1. The van der Waals surface area contributed by atoms with Crippen LogP contribution in [0.15, 0.2) is 18.2 Å². The van der Waals surface area contributed by atoms with Gasteiger partial charge in [-0.15, -0.1) is 0 Å². The number of nitrogens with zero attached hydrogens (tertiary/aromatic N) is 1. The van der Waals surface area contributed by atoms with Gasteiger partial charge in [0, 0.05) is 30.8 Å². The van der Waals surface area contributed by atoms with Crippen LogP contribution in [-0.2, 0) is 0 Å². The molecule has 1 aliphatic rings. The smallest absolute Gasteiger partial charge is 0.253 e. The van der Waals surface area contributed by atoms with Crippen molar-refractivity contribution >= 4 is 17.7 Å². The second-order valence-electron chi connectivity index (χ2n) is 4.90. The first-order chi connectivity index (χ1) is 10.1. The van der Waals surface area contributed by atoms with Crippen LogP contribution >= 0.6 is 11.8 Å². The van der Waals surface area contributed by atoms with E-state index in [0.717, 1.165) is 17.9 Å². The molecule has 3 nitrogen and oxygen atoms in total. The summed E-state index contributed by atoms with van der Waals surface area (Å²) in [5.41, 5.74) is 0.596. The maximum atomic E-state index is 13.9. The molecule has 1 N–H and O–H groups in total. The molecule has 0 radical (unpaired) electrons. The molecule has 1 heterocycles. The predicted octanol–water partition coefficient (Wildman–Crippen LogP) is 2.14. The molecule has 21 heavy (non-hydrogen) atoms. The fourth-order valence-electron chi connectivity index (χ4n) is 2.16. The van der Waals surface area contributed by atoms with Gasteiger partial charge in [0.15, 0.2) is 0 Å². The Hall–Kier alpha value is -1.51. The highest BCUT2D eigenvalue weighted by molar-refractivity contribution is 7.99. The summed E-state index contributed by atoms with van der Waals surface area (Å²) in [6.45, 7) is -0.0462. The average Bonchev–Trinajstić information content (AvgIpc) is 3.02. The molecule has 1 saturated heterocycles. The lowest BCUT2D eigenvalue weighted by molar-refractivity contribution is 0.0747. The molecule has 0 bridgehead atoms. The number of aliphatic hydroxyl groups is 1. The summed E-state index contributed by atoms with van der Waals surface area (Å²) < 4.78 is 13.9. The van der Waals surface area contributed by atoms with Gasteiger partial charge in [-0.25, -0.2) is 4.39 Å². The van der Waals surface area contributed by atoms with Crippen LogP contribution in [0.1, 0.15) is 28.8 Å². The first kappa shape index (κ1) is 15.9. The molecule has 112 valence electrons. The lowest BCUT2D eigenvalue weighted by Crippen LogP contribution is -2.37. The van der Waals surface area contributed by atoms with Crippen LogP contribution in [0.25, 0.3) is 0 Å². The number of hydrogen-bond donors (Lipinski definition) is 1. The Balaban J connectivity index is 2.12. The summed E-state index contributed by atoms with van der Waals surface area (Å²) in [7, 11) is 1.77. The Kier molecular flexibility index (Phi) is 5.66. The van der Waals surface area contributed by atoms with E-state index in [0.29, 0.717) is 12.0 Å². The second-order valence-corrected chi connectivity index (χ2v) is 6.05. The van der Waals surface area contributed by atoms with E-state index in [-0.39, 0.29) is 24.1 Å². The molecule has 0 spiro atoms. The third-order valence-corrected chi connectivity index (χ3v) is 4.59. The second kappa shape index (κ2) is 7.48. The summed E-state index contributed by atoms with van der Waals surface area (Å²) in [5, 5.41) is 8.65. The van der Waals surface area contributed by atoms with Crippen molar-refractivity contribution in [3.63, 3.8) is 0 Å². The average molecular weight is 307 g/mol. The van der Waals surface area contributed by atoms with Crippen molar-refractivity contribution < 1.29 is 14.3 Å². The molecule has 1 fully saturated rings. The van der Waals surface area contributed by atoms with Gasteiger partial charge >= 0.3 is 0 Å². The minimum Gasteiger partial charge on any atom is -0.395 e. The van der Waals surface area contributed by atoms with Gasteiger partial charge in [-0.3, -0.25) is 4.79 Å². The Morgan fingerprint density at radius 2 is 2.38 bits per heavy atom. The molecule has 0 saturated carbocycles. The van der Waals surface area contributed by atoms with Crippen molar-refractivity contribution in [1.82, 2.24) is 4.90 Å². The fourth-order valence-corrected chi connectivity index (χ4v) is 3.43. The van der Waals surface area contributed by atoms with Crippen LogP contribution in [0.2, 0.25) is 0 Å². The van der Waals surface area contributed by atoms with Crippen molar-refractivity contribution in [2.24, 2.45) is 0 Å². The molecular formula is C16H18FNO2S. The maximum absolute atomic E-state index is 13.9. The first-order valence-electron chi connectivity index (χ1n) is 6.87. The summed E-state index contributed by atoms with van der Waals surface area (Å²) in [6.07, 6.45) is 1.29. The van der Waals surface area contributed by atoms with Gasteiger partial charge in [0.1, 0.15) is 5.82 Å². The van der Waals surface area contributed by atoms with E-state index in [1.165, 1.54) is 12.1 Å². The van der Waals surface area contributed by atoms with Gasteiger partial charge in [0.05, 0.1) is 12.2 Å². The summed E-state index contributed by atoms with van der Waals surface area (Å²) in [5.74, 6) is 6.67. The zero-order valence-corrected chi connectivity index (χ0v) is 12.8. The number of amides is 1. The van der Waals surface area contributed by atoms with E-state index in [2.05, 4.69) is 11.8 Å². The topological polar surface area (TPSA) is 40.5 Å². The number of aliphatic hydroxyl groups excluding tert-OH is 1. The zero-order chi connectivity index (χ0) is 15.2. The highest BCUT2D eigenvalue weighted by atomic mass is 32.2. The van der Waals surface area contributed by atoms with Gasteiger partial charge in [0.2, 0.25) is 0 Å². The van der Waals surface area contributed by atoms with E-state index in [1.807, 2.05) is 11.8 Å². The van der Waals surface area contributed by atoms with Gasteiger partial charge in [-0.1, -0.05) is 11.8 Å². The fraction of sp³-hybridized carbons (Fsp3) is 0.438. The minimum absolute atomic E-state index is 0.0462. The predicted molar refractivity (Wildman–Crippen MR) is 82.8 cm³/mol. The molecule has 0 aliphatic carbocycles. The number of carbonyl (C=O) groups is 1. The first-order valence-corrected chi connectivity index (χ1v) is 8.03. The van der Waals surface area contributed by atoms with Crippen LogP contribution in [0.4, 0.5) is 4.39 Å². The van der Waals surface area contributed by atoms with Gasteiger partial charge in [-0.2, -0.15) is 11.8 Å². The van der Waals surface area contributed by atoms with Crippen LogP contribution in [0, 0.1) is 17.7 Å². The number of halogens is 1. The monoisotopic (exact) mass is 307 g/mol. The highest BCUT2D eigenvalue weighted by Gasteiger charge is 2.24. The molecular weight excluding hydrogens is 289 g/mol. The van der Waals surface area contributed by atoms with E-state index < -0.39 is 5.82 Å². The molecule has 1 aliphatic heterocycles. The van der Waals surface area contributed by atoms with Crippen molar-refractivity contribution in [2.75, 3.05) is 25.2 Å². The molecule has 1 aromatic rings. The highest BCUT2D eigenvalue weighted by Crippen LogP contribution is 2.23. The van der Waals surface area contributed by atoms with E-state index in [9.17, 15) is 9.18 Å². The standard InChI is InChI=1S/C16H18FNO2S/c1-18(14-7-9-21-11-14)16(20)13-6-5-12(15(17)10-13)4-2-3-8-19/h5-6,10,14,19H,3,7-9,11H2,1H3. The number of hydrogen-bond acceptors (Lipinski definition) is 3. The quantitative estimate of drug-likeness (QED) is 0.870. The van der Waals surface area contributed by atoms with Crippen molar-refractivity contribution in [2.45, 2.75) is 18.9 Å². The summed E-state index contributed by atoms with van der Waals surface area (Å²) in [6, 6.07) is 4.59. The molecule has 2 rings (SSSR count). The van der Waals surface area contributed by atoms with Gasteiger partial charge < -0.3 is 10.0 Å². The van der Waals surface area contributed by atoms with Crippen molar-refractivity contribution in [3.05, 3.63) is 35.1 Å². The van der Waals surface area contributed by atoms with Crippen molar-refractivity contribution in [1.29, 1.82) is 0 Å². The van der Waals surface area contributed by atoms with Crippen molar-refractivity contribution in [3.8, 4) is 11.8 Å². The van der Waals surface area contributed by atoms with Crippen LogP contribution in [0.5, 0.6) is 0 Å². The zero-order valence-electron chi connectivity index (χ0n) is 11.9. The summed E-state index contributed by atoms with van der Waals surface area (Å²) in [4.78, 5) is 14.0. The minimum atomic E-state index is -0.500. The normalized spacial score (nSPS) is 17.2. The van der Waals surface area contributed by atoms with Crippen LogP contribution in [0.3, 0.4) is 0 Å². The Morgan fingerprint density at radius 1 is 1.57 bits per heavy atom. The number of thioether (sulfide) groups is 1. The molecule has 1 unspecified atom stereocenters. The Labute approximate surface area is 128 Å². The Bertz CT molecular complexity index is 573. The lowest BCUT2D eigenvalue weighted by atomic mass is 10.1. The lowest BCUT2D eigenvalue weighted by Gasteiger charge is -2.23. The van der Waals surface area contributed by atoms with E-state index >= 15 is 0 Å². The van der Waals surface area contributed by atoms with Gasteiger partial charge in [-0.05, 0) is 30.4 Å². The van der Waals surface area contributed by atoms with Crippen LogP contribution in [-0.4, -0.2) is 47.1 Å². The largest absolute Gasteiger partial charge is 0.395 e. The van der Waals surface area contributed by atoms with E-state index in [1.54, 1.807) is 18.0 Å². The number of rotatable bonds is 3. The van der Waals surface area contributed by atoms with Crippen LogP contribution < -0.4 is 0 Å². The third kappa shape index (κ3) is 3.99. The SMILES string of the molecule is CN(C(=O)c1ccc(C#CCCO)c(F)c1)C1CCSC1. The maximum Gasteiger partial charge on any atom is 0.253 e. The summed E-state index contributed by atoms with van der Waals surface area (Å²) >= 11 is 1.83. The molecule has 0 aromatic heterocycles. The van der Waals surface area contributed by atoms with E-state index in [4.69, 9.17) is 5.11 Å². The number of benzene rings is 1. The molecule has 1 amide bonds. The third-order valence-electron chi connectivity index (χ3n) is 3.45. The molecule has 1 atom stereocenters. The molecule has 1 aromatic carbocycles. The Morgan fingerprint density at radius 3 is 3.00 bits per heavy atom. The molecule has 5 heteroatoms. The van der Waals surface area contributed by atoms with Gasteiger partial charge in [0.25, 0.3) is 5.91 Å².